The molecule has 0 spiro atoms. The van der Waals surface area contributed by atoms with Crippen LogP contribution in [-0.2, 0) is 26.6 Å². The lowest BCUT2D eigenvalue weighted by atomic mass is 9.97. The van der Waals surface area contributed by atoms with E-state index in [-0.39, 0.29) is 12.2 Å². The molecule has 0 amide bonds. The fraction of sp³-hybridized carbons (Fsp3) is 0.321. The Kier molecular flexibility index (Phi) is 5.91. The van der Waals surface area contributed by atoms with E-state index >= 15 is 0 Å². The van der Waals surface area contributed by atoms with E-state index in [1.165, 1.54) is 15.8 Å². The Hall–Kier alpha value is -3.75. The minimum absolute atomic E-state index is 0.0122. The Morgan fingerprint density at radius 3 is 2.56 bits per heavy atom. The van der Waals surface area contributed by atoms with E-state index in [0.29, 0.717) is 23.3 Å². The number of hydrogen-bond donors (Lipinski definition) is 2. The molecule has 2 aliphatic heterocycles. The van der Waals surface area contributed by atoms with Gasteiger partial charge in [-0.05, 0) is 41.3 Å². The van der Waals surface area contributed by atoms with Crippen molar-refractivity contribution in [1.29, 1.82) is 0 Å². The van der Waals surface area contributed by atoms with Crippen molar-refractivity contribution in [3.05, 3.63) is 81.9 Å². The molecule has 1 fully saturated rings. The third kappa shape index (κ3) is 4.12. The van der Waals surface area contributed by atoms with Gasteiger partial charge in [0, 0.05) is 57.6 Å². The molecule has 0 bridgehead atoms. The minimum Gasteiger partial charge on any atom is -0.392 e. The molecule has 0 saturated carbocycles. The van der Waals surface area contributed by atoms with Gasteiger partial charge in [0.05, 0.1) is 24.1 Å². The zero-order chi connectivity index (χ0) is 24.6. The molecule has 184 valence electrons. The van der Waals surface area contributed by atoms with Gasteiger partial charge >= 0.3 is 0 Å². The number of rotatable bonds is 4. The molecule has 8 heteroatoms. The highest BCUT2D eigenvalue weighted by molar-refractivity contribution is 5.92. The molecule has 2 N–H and O–H groups in total. The van der Waals surface area contributed by atoms with Crippen molar-refractivity contribution in [2.45, 2.75) is 19.6 Å². The first-order valence-electron chi connectivity index (χ1n) is 12.5. The van der Waals surface area contributed by atoms with Gasteiger partial charge in [-0.1, -0.05) is 30.3 Å². The van der Waals surface area contributed by atoms with Gasteiger partial charge in [-0.25, -0.2) is 9.97 Å². The van der Waals surface area contributed by atoms with Crippen molar-refractivity contribution in [3.8, 4) is 11.3 Å². The van der Waals surface area contributed by atoms with Crippen LogP contribution in [0.15, 0.2) is 59.7 Å². The fourth-order valence-electron chi connectivity index (χ4n) is 5.24. The summed E-state index contributed by atoms with van der Waals surface area (Å²) in [6.07, 6.45) is 2.43. The maximum Gasteiger partial charge on any atom is 0.264 e. The number of aryl methyl sites for hydroxylation is 1. The molecule has 4 aromatic rings. The van der Waals surface area contributed by atoms with Crippen molar-refractivity contribution >= 4 is 22.4 Å². The number of aromatic nitrogens is 3. The highest BCUT2D eigenvalue weighted by Crippen LogP contribution is 2.32. The molecule has 2 aromatic heterocycles. The Labute approximate surface area is 209 Å². The molecule has 0 unspecified atom stereocenters. The van der Waals surface area contributed by atoms with Crippen molar-refractivity contribution in [2.75, 3.05) is 42.5 Å². The molecule has 2 aromatic carbocycles. The largest absolute Gasteiger partial charge is 0.392 e. The molecule has 36 heavy (non-hydrogen) atoms. The first-order chi connectivity index (χ1) is 17.6. The third-order valence-electron chi connectivity index (χ3n) is 7.29. The van der Waals surface area contributed by atoms with Gasteiger partial charge in [-0.2, -0.15) is 0 Å². The minimum atomic E-state index is -0.0991. The van der Waals surface area contributed by atoms with Gasteiger partial charge in [-0.15, -0.1) is 0 Å². The molecule has 4 heterocycles. The van der Waals surface area contributed by atoms with E-state index in [0.717, 1.165) is 61.5 Å². The maximum absolute atomic E-state index is 13.2. The predicted molar refractivity (Wildman–Crippen MR) is 142 cm³/mol. The maximum atomic E-state index is 13.2. The van der Waals surface area contributed by atoms with E-state index in [2.05, 4.69) is 56.5 Å². The van der Waals surface area contributed by atoms with Gasteiger partial charge in [0.15, 0.2) is 0 Å². The number of pyridine rings is 1. The second-order valence-corrected chi connectivity index (χ2v) is 9.60. The number of aliphatic hydroxyl groups excluding tert-OH is 1. The zero-order valence-electron chi connectivity index (χ0n) is 20.4. The standard InChI is InChI=1S/C28H30N6O2/c1-32-18-30-25-15-24(21-4-6-23(7-5-21)33-12-9-29-10-13-33)31-27(26(25)28(32)36)34-11-8-20-3-2-19(17-35)14-22(20)16-34/h2-7,14-15,18,29,35H,8-13,16-17H2,1H3. The lowest BCUT2D eigenvalue weighted by Gasteiger charge is -2.31. The SMILES string of the molecule is Cn1cnc2cc(-c3ccc(N4CCNCC4)cc3)nc(N3CCc4ccc(CO)cc4C3)c2c1=O. The summed E-state index contributed by atoms with van der Waals surface area (Å²) in [7, 11) is 1.72. The van der Waals surface area contributed by atoms with Crippen LogP contribution in [0.1, 0.15) is 16.7 Å². The number of benzene rings is 2. The highest BCUT2D eigenvalue weighted by atomic mass is 16.3. The number of fused-ring (bicyclic) bond motifs is 2. The van der Waals surface area contributed by atoms with Crippen LogP contribution in [0, 0.1) is 0 Å². The second kappa shape index (κ2) is 9.37. The Balaban J connectivity index is 1.42. The third-order valence-corrected chi connectivity index (χ3v) is 7.29. The fourth-order valence-corrected chi connectivity index (χ4v) is 5.24. The number of piperazine rings is 1. The highest BCUT2D eigenvalue weighted by Gasteiger charge is 2.23. The molecule has 8 nitrogen and oxygen atoms in total. The number of aliphatic hydroxyl groups is 1. The molecule has 6 rings (SSSR count). The topological polar surface area (TPSA) is 86.5 Å². The smallest absolute Gasteiger partial charge is 0.264 e. The molecular formula is C28H30N6O2. The number of nitrogens with zero attached hydrogens (tertiary/aromatic N) is 5. The molecular weight excluding hydrogens is 452 g/mol. The van der Waals surface area contributed by atoms with E-state index < -0.39 is 0 Å². The van der Waals surface area contributed by atoms with E-state index in [1.807, 2.05) is 12.1 Å². The predicted octanol–water partition coefficient (Wildman–Crippen LogP) is 2.46. The average molecular weight is 483 g/mol. The number of anilines is 2. The normalized spacial score (nSPS) is 15.8. The van der Waals surface area contributed by atoms with Crippen molar-refractivity contribution in [2.24, 2.45) is 7.05 Å². The Morgan fingerprint density at radius 2 is 1.78 bits per heavy atom. The lowest BCUT2D eigenvalue weighted by molar-refractivity contribution is 0.281. The zero-order valence-corrected chi connectivity index (χ0v) is 20.4. The van der Waals surface area contributed by atoms with Gasteiger partial charge in [0.1, 0.15) is 11.2 Å². The van der Waals surface area contributed by atoms with E-state index in [4.69, 9.17) is 4.98 Å². The van der Waals surface area contributed by atoms with Crippen molar-refractivity contribution < 1.29 is 5.11 Å². The average Bonchev–Trinajstić information content (AvgIpc) is 2.94. The van der Waals surface area contributed by atoms with Gasteiger partial charge < -0.3 is 24.8 Å². The summed E-state index contributed by atoms with van der Waals surface area (Å²) in [4.78, 5) is 27.4. The van der Waals surface area contributed by atoms with Crippen LogP contribution in [0.2, 0.25) is 0 Å². The van der Waals surface area contributed by atoms with Crippen LogP contribution < -0.4 is 20.7 Å². The summed E-state index contributed by atoms with van der Waals surface area (Å²) in [6, 6.07) is 16.6. The van der Waals surface area contributed by atoms with Crippen molar-refractivity contribution in [1.82, 2.24) is 19.9 Å². The number of hydrogen-bond acceptors (Lipinski definition) is 7. The summed E-state index contributed by atoms with van der Waals surface area (Å²) < 4.78 is 1.51. The van der Waals surface area contributed by atoms with Gasteiger partial charge in [-0.3, -0.25) is 4.79 Å². The van der Waals surface area contributed by atoms with Crippen LogP contribution in [-0.4, -0.2) is 52.4 Å². The molecule has 0 radical (unpaired) electrons. The Morgan fingerprint density at radius 1 is 0.972 bits per heavy atom. The summed E-state index contributed by atoms with van der Waals surface area (Å²) in [6.45, 7) is 5.40. The van der Waals surface area contributed by atoms with Crippen molar-refractivity contribution in [3.63, 3.8) is 0 Å². The first kappa shape index (κ1) is 22.7. The lowest BCUT2D eigenvalue weighted by Crippen LogP contribution is -2.43. The van der Waals surface area contributed by atoms with Gasteiger partial charge in [0.25, 0.3) is 5.56 Å². The first-order valence-corrected chi connectivity index (χ1v) is 12.5. The van der Waals surface area contributed by atoms with Crippen LogP contribution in [0.5, 0.6) is 0 Å². The van der Waals surface area contributed by atoms with Gasteiger partial charge in [0.2, 0.25) is 0 Å². The second-order valence-electron chi connectivity index (χ2n) is 9.60. The van der Waals surface area contributed by atoms with Crippen LogP contribution in [0.4, 0.5) is 11.5 Å². The monoisotopic (exact) mass is 482 g/mol. The van der Waals surface area contributed by atoms with E-state index in [9.17, 15) is 9.90 Å². The molecule has 0 aliphatic carbocycles. The quantitative estimate of drug-likeness (QED) is 0.462. The number of nitrogens with one attached hydrogen (secondary N) is 1. The Bertz CT molecular complexity index is 1470. The molecule has 1 saturated heterocycles. The van der Waals surface area contributed by atoms with Crippen LogP contribution >= 0.6 is 0 Å². The van der Waals surface area contributed by atoms with E-state index in [1.54, 1.807) is 13.4 Å². The summed E-state index contributed by atoms with van der Waals surface area (Å²) in [5.74, 6) is 0.669. The van der Waals surface area contributed by atoms with Crippen LogP contribution in [0.3, 0.4) is 0 Å². The summed E-state index contributed by atoms with van der Waals surface area (Å²) >= 11 is 0. The summed E-state index contributed by atoms with van der Waals surface area (Å²) in [5, 5.41) is 13.5. The summed E-state index contributed by atoms with van der Waals surface area (Å²) in [5.41, 5.74) is 6.90. The molecule has 2 aliphatic rings. The van der Waals surface area contributed by atoms with Crippen LogP contribution in [0.25, 0.3) is 22.2 Å². The molecule has 0 atom stereocenters.